The normalized spacial score (nSPS) is 15.6. The van der Waals surface area contributed by atoms with E-state index in [9.17, 15) is 9.59 Å². The average molecular weight is 241 g/mol. The van der Waals surface area contributed by atoms with E-state index >= 15 is 0 Å². The molecule has 1 fully saturated rings. The highest BCUT2D eigenvalue weighted by Crippen LogP contribution is 2.21. The van der Waals surface area contributed by atoms with Gasteiger partial charge in [0.1, 0.15) is 12.7 Å². The summed E-state index contributed by atoms with van der Waals surface area (Å²) >= 11 is 0. The Labute approximate surface area is 101 Å². The molecule has 1 rings (SSSR count). The maximum atomic E-state index is 11.3. The van der Waals surface area contributed by atoms with Crippen molar-refractivity contribution < 1.29 is 19.1 Å². The molecule has 0 aromatic heterocycles. The van der Waals surface area contributed by atoms with Gasteiger partial charge in [-0.2, -0.15) is 0 Å². The fraction of sp³-hybridized carbons (Fsp3) is 0.750. The number of carbonyl (C=O) groups is 2. The van der Waals surface area contributed by atoms with Crippen LogP contribution in [0.1, 0.15) is 45.4 Å². The first-order valence-corrected chi connectivity index (χ1v) is 5.97. The summed E-state index contributed by atoms with van der Waals surface area (Å²) in [4.78, 5) is 22.4. The van der Waals surface area contributed by atoms with E-state index in [1.54, 1.807) is 0 Å². The molecule has 0 amide bonds. The fourth-order valence-corrected chi connectivity index (χ4v) is 1.77. The van der Waals surface area contributed by atoms with Crippen LogP contribution in [-0.4, -0.2) is 30.4 Å². The third kappa shape index (κ3) is 6.04. The zero-order valence-electron chi connectivity index (χ0n) is 10.2. The first-order chi connectivity index (χ1) is 8.08. The fourth-order valence-electron chi connectivity index (χ4n) is 1.77. The van der Waals surface area contributed by atoms with Gasteiger partial charge in [0.05, 0.1) is 12.8 Å². The molecule has 0 heterocycles. The van der Waals surface area contributed by atoms with Gasteiger partial charge in [0.25, 0.3) is 0 Å². The number of ether oxygens (including phenoxy) is 2. The number of hydrogen-bond acceptors (Lipinski definition) is 5. The Balaban J connectivity index is 2.07. The summed E-state index contributed by atoms with van der Waals surface area (Å²) in [5.74, 6) is -0.776. The standard InChI is InChI=1S/C12H19NO4/c1-9(13)8-12(15)16-7-6-11(14)17-10-4-2-3-5-10/h10,13H,2-8H2,1H3. The van der Waals surface area contributed by atoms with E-state index in [0.29, 0.717) is 0 Å². The molecule has 17 heavy (non-hydrogen) atoms. The summed E-state index contributed by atoms with van der Waals surface area (Å²) in [5, 5.41) is 7.10. The van der Waals surface area contributed by atoms with Gasteiger partial charge in [-0.25, -0.2) is 0 Å². The predicted octanol–water partition coefficient (Wildman–Crippen LogP) is 1.84. The molecule has 1 N–H and O–H groups in total. The molecular formula is C12H19NO4. The van der Waals surface area contributed by atoms with Gasteiger partial charge in [-0.1, -0.05) is 0 Å². The minimum absolute atomic E-state index is 0.0162. The van der Waals surface area contributed by atoms with E-state index < -0.39 is 5.97 Å². The van der Waals surface area contributed by atoms with Crippen LogP contribution < -0.4 is 0 Å². The molecule has 96 valence electrons. The molecular weight excluding hydrogens is 222 g/mol. The molecule has 0 aliphatic heterocycles. The van der Waals surface area contributed by atoms with Crippen LogP contribution in [0.2, 0.25) is 0 Å². The molecule has 5 heteroatoms. The smallest absolute Gasteiger partial charge is 0.311 e. The molecule has 0 bridgehead atoms. The van der Waals surface area contributed by atoms with E-state index in [-0.39, 0.29) is 37.2 Å². The molecule has 1 aliphatic carbocycles. The van der Waals surface area contributed by atoms with Crippen LogP contribution in [0.4, 0.5) is 0 Å². The number of nitrogens with one attached hydrogen (secondary N) is 1. The lowest BCUT2D eigenvalue weighted by molar-refractivity contribution is -0.152. The molecule has 0 unspecified atom stereocenters. The van der Waals surface area contributed by atoms with E-state index in [1.807, 2.05) is 0 Å². The highest BCUT2D eigenvalue weighted by Gasteiger charge is 2.19. The van der Waals surface area contributed by atoms with Crippen LogP contribution in [0.5, 0.6) is 0 Å². The Kier molecular flexibility index (Phi) is 5.66. The van der Waals surface area contributed by atoms with Crippen molar-refractivity contribution >= 4 is 17.7 Å². The molecule has 0 atom stereocenters. The van der Waals surface area contributed by atoms with Crippen molar-refractivity contribution in [2.45, 2.75) is 51.6 Å². The lowest BCUT2D eigenvalue weighted by Gasteiger charge is -2.11. The van der Waals surface area contributed by atoms with Gasteiger partial charge in [-0.05, 0) is 32.6 Å². The van der Waals surface area contributed by atoms with Crippen molar-refractivity contribution in [1.29, 1.82) is 5.41 Å². The third-order valence-electron chi connectivity index (χ3n) is 2.58. The lowest BCUT2D eigenvalue weighted by Crippen LogP contribution is -2.17. The van der Waals surface area contributed by atoms with Crippen LogP contribution in [0.25, 0.3) is 0 Å². The molecule has 0 aromatic carbocycles. The Hall–Kier alpha value is -1.39. The van der Waals surface area contributed by atoms with Gasteiger partial charge in [0.2, 0.25) is 0 Å². The van der Waals surface area contributed by atoms with Crippen LogP contribution in [0, 0.1) is 5.41 Å². The quantitative estimate of drug-likeness (QED) is 0.568. The Morgan fingerprint density at radius 3 is 2.47 bits per heavy atom. The van der Waals surface area contributed by atoms with Crippen molar-refractivity contribution in [3.63, 3.8) is 0 Å². The SMILES string of the molecule is CC(=N)CC(=O)OCCC(=O)OC1CCCC1. The highest BCUT2D eigenvalue weighted by molar-refractivity contribution is 5.95. The van der Waals surface area contributed by atoms with Crippen LogP contribution in [0.3, 0.4) is 0 Å². The van der Waals surface area contributed by atoms with Crippen molar-refractivity contribution in [3.8, 4) is 0 Å². The summed E-state index contributed by atoms with van der Waals surface area (Å²) in [5.41, 5.74) is 0.253. The first-order valence-electron chi connectivity index (χ1n) is 5.97. The summed E-state index contributed by atoms with van der Waals surface area (Å²) in [6.45, 7) is 1.58. The maximum Gasteiger partial charge on any atom is 0.311 e. The van der Waals surface area contributed by atoms with Gasteiger partial charge in [0, 0.05) is 5.71 Å². The second-order valence-electron chi connectivity index (χ2n) is 4.32. The van der Waals surface area contributed by atoms with Gasteiger partial charge >= 0.3 is 11.9 Å². The maximum absolute atomic E-state index is 11.3. The number of carbonyl (C=O) groups excluding carboxylic acids is 2. The highest BCUT2D eigenvalue weighted by atomic mass is 16.6. The van der Waals surface area contributed by atoms with Gasteiger partial charge < -0.3 is 14.9 Å². The summed E-state index contributed by atoms with van der Waals surface area (Å²) < 4.78 is 10.0. The molecule has 1 aliphatic rings. The Morgan fingerprint density at radius 2 is 1.88 bits per heavy atom. The van der Waals surface area contributed by atoms with Crippen molar-refractivity contribution in [2.24, 2.45) is 0 Å². The molecule has 0 spiro atoms. The second kappa shape index (κ2) is 7.04. The second-order valence-corrected chi connectivity index (χ2v) is 4.32. The van der Waals surface area contributed by atoms with Crippen LogP contribution >= 0.6 is 0 Å². The predicted molar refractivity (Wildman–Crippen MR) is 61.9 cm³/mol. The summed E-state index contributed by atoms with van der Waals surface area (Å²) in [7, 11) is 0. The molecule has 1 saturated carbocycles. The first kappa shape index (κ1) is 13.7. The van der Waals surface area contributed by atoms with Gasteiger partial charge in [-0.15, -0.1) is 0 Å². The Bertz CT molecular complexity index is 295. The zero-order chi connectivity index (χ0) is 12.7. The zero-order valence-corrected chi connectivity index (χ0v) is 10.2. The Morgan fingerprint density at radius 1 is 1.24 bits per heavy atom. The van der Waals surface area contributed by atoms with Crippen molar-refractivity contribution in [3.05, 3.63) is 0 Å². The molecule has 5 nitrogen and oxygen atoms in total. The summed E-state index contributed by atoms with van der Waals surface area (Å²) in [6.07, 6.45) is 4.26. The van der Waals surface area contributed by atoms with Crippen molar-refractivity contribution in [2.75, 3.05) is 6.61 Å². The largest absolute Gasteiger partial charge is 0.465 e. The minimum Gasteiger partial charge on any atom is -0.465 e. The van der Waals surface area contributed by atoms with Gasteiger partial charge in [0.15, 0.2) is 0 Å². The number of hydrogen-bond donors (Lipinski definition) is 1. The van der Waals surface area contributed by atoms with Crippen LogP contribution in [-0.2, 0) is 19.1 Å². The third-order valence-corrected chi connectivity index (χ3v) is 2.58. The lowest BCUT2D eigenvalue weighted by atomic mass is 10.3. The van der Waals surface area contributed by atoms with Gasteiger partial charge in [-0.3, -0.25) is 9.59 Å². The number of esters is 2. The minimum atomic E-state index is -0.467. The summed E-state index contributed by atoms with van der Waals surface area (Å²) in [6, 6.07) is 0. The van der Waals surface area contributed by atoms with E-state index in [4.69, 9.17) is 14.9 Å². The molecule has 0 radical (unpaired) electrons. The molecule has 0 aromatic rings. The number of rotatable bonds is 6. The van der Waals surface area contributed by atoms with E-state index in [2.05, 4.69) is 0 Å². The molecule has 0 saturated heterocycles. The van der Waals surface area contributed by atoms with Crippen molar-refractivity contribution in [1.82, 2.24) is 0 Å². The van der Waals surface area contributed by atoms with E-state index in [0.717, 1.165) is 25.7 Å². The van der Waals surface area contributed by atoms with E-state index in [1.165, 1.54) is 6.92 Å². The topological polar surface area (TPSA) is 76.5 Å². The monoisotopic (exact) mass is 241 g/mol. The average Bonchev–Trinajstić information content (AvgIpc) is 2.69. The van der Waals surface area contributed by atoms with Crippen LogP contribution in [0.15, 0.2) is 0 Å².